The van der Waals surface area contributed by atoms with Gasteiger partial charge in [0.1, 0.15) is 5.82 Å². The molecular formula is C19H32FIN4O2S. The molecule has 0 bridgehead atoms. The number of halogens is 2. The summed E-state index contributed by atoms with van der Waals surface area (Å²) in [5, 5.41) is 3.27. The number of hydrogen-bond donors (Lipinski definition) is 1. The Morgan fingerprint density at radius 1 is 1.32 bits per heavy atom. The number of benzene rings is 1. The van der Waals surface area contributed by atoms with Gasteiger partial charge in [-0.3, -0.25) is 4.99 Å². The highest BCUT2D eigenvalue weighted by Gasteiger charge is 2.40. The minimum Gasteiger partial charge on any atom is -0.357 e. The standard InChI is InChI=1S/C19H31FN4O2S.HI/c1-5-21-18(24-12-13-27(25,26)19(2,3)15-24)22-10-11-23(4)14-16-6-8-17(20)9-7-16;/h6-9H,5,10-15H2,1-4H3,(H,21,22);1H. The van der Waals surface area contributed by atoms with Gasteiger partial charge < -0.3 is 15.1 Å². The molecule has 1 fully saturated rings. The van der Waals surface area contributed by atoms with Crippen LogP contribution in [0.25, 0.3) is 0 Å². The van der Waals surface area contributed by atoms with Crippen LogP contribution in [0.4, 0.5) is 4.39 Å². The molecule has 0 saturated carbocycles. The second-order valence-electron chi connectivity index (χ2n) is 7.60. The van der Waals surface area contributed by atoms with Crippen LogP contribution >= 0.6 is 24.0 Å². The average molecular weight is 526 g/mol. The zero-order chi connectivity index (χ0) is 20.1. The Bertz CT molecular complexity index is 754. The Kier molecular flexibility index (Phi) is 9.61. The van der Waals surface area contributed by atoms with E-state index in [9.17, 15) is 12.8 Å². The van der Waals surface area contributed by atoms with Crippen molar-refractivity contribution >= 4 is 39.8 Å². The largest absolute Gasteiger partial charge is 0.357 e. The van der Waals surface area contributed by atoms with Crippen LogP contribution in [0.5, 0.6) is 0 Å². The molecular weight excluding hydrogens is 494 g/mol. The maximum Gasteiger partial charge on any atom is 0.194 e. The third-order valence-electron chi connectivity index (χ3n) is 4.79. The van der Waals surface area contributed by atoms with Crippen LogP contribution in [0.3, 0.4) is 0 Å². The zero-order valence-electron chi connectivity index (χ0n) is 17.1. The van der Waals surface area contributed by atoms with Crippen LogP contribution in [-0.4, -0.2) is 74.4 Å². The molecule has 1 aromatic rings. The molecule has 0 unspecified atom stereocenters. The molecule has 0 amide bonds. The summed E-state index contributed by atoms with van der Waals surface area (Å²) in [6.07, 6.45) is 0. The van der Waals surface area contributed by atoms with Gasteiger partial charge in [0.25, 0.3) is 0 Å². The van der Waals surface area contributed by atoms with Crippen LogP contribution in [0.2, 0.25) is 0 Å². The molecule has 6 nitrogen and oxygen atoms in total. The molecule has 0 aliphatic carbocycles. The fourth-order valence-corrected chi connectivity index (χ4v) is 4.42. The number of sulfone groups is 1. The highest BCUT2D eigenvalue weighted by atomic mass is 127. The van der Waals surface area contributed by atoms with E-state index in [-0.39, 0.29) is 35.5 Å². The summed E-state index contributed by atoms with van der Waals surface area (Å²) in [7, 11) is -1.07. The Balaban J connectivity index is 0.00000392. The van der Waals surface area contributed by atoms with Crippen molar-refractivity contribution in [3.63, 3.8) is 0 Å². The first kappa shape index (κ1) is 25.1. The van der Waals surface area contributed by atoms with Gasteiger partial charge in [-0.15, -0.1) is 24.0 Å². The number of aliphatic imine (C=N–C) groups is 1. The van der Waals surface area contributed by atoms with Crippen LogP contribution in [0.15, 0.2) is 29.3 Å². The molecule has 0 atom stereocenters. The summed E-state index contributed by atoms with van der Waals surface area (Å²) in [4.78, 5) is 8.84. The summed E-state index contributed by atoms with van der Waals surface area (Å²) >= 11 is 0. The van der Waals surface area contributed by atoms with Crippen LogP contribution in [0, 0.1) is 5.82 Å². The lowest BCUT2D eigenvalue weighted by atomic mass is 10.2. The lowest BCUT2D eigenvalue weighted by Gasteiger charge is -2.39. The second kappa shape index (κ2) is 10.7. The molecule has 0 aromatic heterocycles. The van der Waals surface area contributed by atoms with E-state index in [0.29, 0.717) is 19.6 Å². The first-order valence-electron chi connectivity index (χ1n) is 9.33. The molecule has 160 valence electrons. The van der Waals surface area contributed by atoms with Crippen molar-refractivity contribution in [3.05, 3.63) is 35.6 Å². The number of nitrogens with one attached hydrogen (secondary N) is 1. The monoisotopic (exact) mass is 526 g/mol. The van der Waals surface area contributed by atoms with E-state index >= 15 is 0 Å². The van der Waals surface area contributed by atoms with E-state index in [0.717, 1.165) is 31.2 Å². The summed E-state index contributed by atoms with van der Waals surface area (Å²) < 4.78 is 36.6. The highest BCUT2D eigenvalue weighted by molar-refractivity contribution is 14.0. The Morgan fingerprint density at radius 2 is 1.96 bits per heavy atom. The SMILES string of the molecule is CCNC(=NCCN(C)Cc1ccc(F)cc1)N1CCS(=O)(=O)C(C)(C)C1.I. The van der Waals surface area contributed by atoms with Crippen molar-refractivity contribution in [2.75, 3.05) is 45.5 Å². The molecule has 28 heavy (non-hydrogen) atoms. The van der Waals surface area contributed by atoms with Gasteiger partial charge in [0.15, 0.2) is 15.8 Å². The van der Waals surface area contributed by atoms with Crippen molar-refractivity contribution < 1.29 is 12.8 Å². The summed E-state index contributed by atoms with van der Waals surface area (Å²) in [5.41, 5.74) is 1.05. The maximum atomic E-state index is 13.0. The smallest absolute Gasteiger partial charge is 0.194 e. The minimum absolute atomic E-state index is 0. The Morgan fingerprint density at radius 3 is 2.54 bits per heavy atom. The van der Waals surface area contributed by atoms with Gasteiger partial charge in [-0.2, -0.15) is 0 Å². The van der Waals surface area contributed by atoms with Gasteiger partial charge in [0.2, 0.25) is 0 Å². The summed E-state index contributed by atoms with van der Waals surface area (Å²) in [6, 6.07) is 6.51. The molecule has 1 N–H and O–H groups in total. The second-order valence-corrected chi connectivity index (χ2v) is 10.3. The van der Waals surface area contributed by atoms with Crippen LogP contribution in [0.1, 0.15) is 26.3 Å². The minimum atomic E-state index is -3.07. The fraction of sp³-hybridized carbons (Fsp3) is 0.632. The van der Waals surface area contributed by atoms with Crippen molar-refractivity contribution in [1.82, 2.24) is 15.1 Å². The maximum absolute atomic E-state index is 13.0. The summed E-state index contributed by atoms with van der Waals surface area (Å²) in [5.74, 6) is 0.679. The van der Waals surface area contributed by atoms with E-state index in [1.807, 2.05) is 18.9 Å². The van der Waals surface area contributed by atoms with E-state index in [2.05, 4.69) is 15.2 Å². The predicted octanol–water partition coefficient (Wildman–Crippen LogP) is 2.35. The van der Waals surface area contributed by atoms with E-state index in [4.69, 9.17) is 0 Å². The molecule has 1 aromatic carbocycles. The third-order valence-corrected chi connectivity index (χ3v) is 7.32. The average Bonchev–Trinajstić information content (AvgIpc) is 2.59. The Hall–Kier alpha value is -0.940. The van der Waals surface area contributed by atoms with Crippen molar-refractivity contribution in [3.8, 4) is 0 Å². The third kappa shape index (κ3) is 6.84. The quantitative estimate of drug-likeness (QED) is 0.351. The van der Waals surface area contributed by atoms with E-state index < -0.39 is 14.6 Å². The van der Waals surface area contributed by atoms with Crippen LogP contribution in [-0.2, 0) is 16.4 Å². The molecule has 0 spiro atoms. The number of rotatable bonds is 6. The lowest BCUT2D eigenvalue weighted by Crippen LogP contribution is -2.57. The summed E-state index contributed by atoms with van der Waals surface area (Å²) in [6.45, 7) is 9.25. The Labute approximate surface area is 185 Å². The fourth-order valence-electron chi connectivity index (χ4n) is 3.06. The van der Waals surface area contributed by atoms with Gasteiger partial charge in [0, 0.05) is 32.7 Å². The molecule has 9 heteroatoms. The molecule has 1 saturated heterocycles. The van der Waals surface area contributed by atoms with Gasteiger partial charge in [-0.1, -0.05) is 12.1 Å². The van der Waals surface area contributed by atoms with Crippen LogP contribution < -0.4 is 5.32 Å². The predicted molar refractivity (Wildman–Crippen MR) is 124 cm³/mol. The first-order valence-corrected chi connectivity index (χ1v) is 11.0. The topological polar surface area (TPSA) is 65.0 Å². The highest BCUT2D eigenvalue weighted by Crippen LogP contribution is 2.23. The number of hydrogen-bond acceptors (Lipinski definition) is 4. The van der Waals surface area contributed by atoms with Gasteiger partial charge >= 0.3 is 0 Å². The molecule has 1 aliphatic heterocycles. The normalized spacial score (nSPS) is 18.6. The van der Waals surface area contributed by atoms with Crippen molar-refractivity contribution in [2.24, 2.45) is 4.99 Å². The lowest BCUT2D eigenvalue weighted by molar-refractivity contribution is 0.331. The molecule has 2 rings (SSSR count). The molecule has 0 radical (unpaired) electrons. The van der Waals surface area contributed by atoms with Crippen molar-refractivity contribution in [2.45, 2.75) is 32.1 Å². The number of guanidine groups is 1. The molecule has 1 heterocycles. The number of likely N-dealkylation sites (N-methyl/N-ethyl adjacent to an activating group) is 1. The first-order chi connectivity index (χ1) is 12.6. The zero-order valence-corrected chi connectivity index (χ0v) is 20.3. The van der Waals surface area contributed by atoms with E-state index in [1.54, 1.807) is 26.0 Å². The van der Waals surface area contributed by atoms with Gasteiger partial charge in [0.05, 0.1) is 17.0 Å². The van der Waals surface area contributed by atoms with E-state index in [1.165, 1.54) is 12.1 Å². The van der Waals surface area contributed by atoms with Crippen molar-refractivity contribution in [1.29, 1.82) is 0 Å². The number of nitrogens with zero attached hydrogens (tertiary/aromatic N) is 3. The van der Waals surface area contributed by atoms with Gasteiger partial charge in [-0.05, 0) is 45.5 Å². The van der Waals surface area contributed by atoms with Gasteiger partial charge in [-0.25, -0.2) is 12.8 Å². The molecule has 1 aliphatic rings.